The van der Waals surface area contributed by atoms with E-state index in [1.807, 2.05) is 0 Å². The summed E-state index contributed by atoms with van der Waals surface area (Å²) in [5.74, 6) is 0.925. The van der Waals surface area contributed by atoms with Crippen LogP contribution >= 0.6 is 20.5 Å². The Labute approximate surface area is 220 Å². The number of rotatable bonds is 23. The Balaban J connectivity index is 2.17. The molecule has 0 aromatic heterocycles. The van der Waals surface area contributed by atoms with Crippen molar-refractivity contribution < 1.29 is 28.1 Å². The number of carbonyl (C=O) groups excluding carboxylic acids is 1. The van der Waals surface area contributed by atoms with Crippen LogP contribution in [0.2, 0.25) is 0 Å². The zero-order valence-electron chi connectivity index (χ0n) is 22.4. The zero-order valence-corrected chi connectivity index (χ0v) is 24.2. The normalized spacial score (nSPS) is 17.3. The molecular formula is C27H52O6PS+. The summed E-state index contributed by atoms with van der Waals surface area (Å²) in [5, 5.41) is 10.4. The molecule has 3 atom stereocenters. The lowest BCUT2D eigenvalue weighted by Gasteiger charge is -2.29. The van der Waals surface area contributed by atoms with Gasteiger partial charge in [-0.3, -0.25) is 0 Å². The number of ether oxygens (including phenoxy) is 2. The first-order valence-electron chi connectivity index (χ1n) is 14.2. The number of hydrogen-bond acceptors (Lipinski definition) is 7. The largest absolute Gasteiger partial charge is 0.471 e. The molecular weight excluding hydrogens is 483 g/mol. The summed E-state index contributed by atoms with van der Waals surface area (Å²) < 4.78 is 27.7. The van der Waals surface area contributed by atoms with E-state index in [9.17, 15) is 14.5 Å². The molecule has 206 valence electrons. The molecule has 0 aromatic carbocycles. The van der Waals surface area contributed by atoms with E-state index >= 15 is 0 Å². The Bertz CT molecular complexity index is 532. The van der Waals surface area contributed by atoms with E-state index in [2.05, 4.69) is 13.8 Å². The number of aliphatic hydroxyl groups is 1. The zero-order chi connectivity index (χ0) is 25.6. The van der Waals surface area contributed by atoms with Crippen molar-refractivity contribution in [2.24, 2.45) is 11.8 Å². The molecule has 1 N–H and O–H groups in total. The van der Waals surface area contributed by atoms with Crippen LogP contribution in [0.1, 0.15) is 123 Å². The van der Waals surface area contributed by atoms with Crippen molar-refractivity contribution >= 4 is 26.5 Å². The van der Waals surface area contributed by atoms with Crippen LogP contribution in [0, 0.1) is 11.8 Å². The highest BCUT2D eigenvalue weighted by molar-refractivity contribution is 7.95. The second kappa shape index (κ2) is 21.8. The maximum atomic E-state index is 12.4. The summed E-state index contributed by atoms with van der Waals surface area (Å²) in [6.45, 7) is 5.71. The molecule has 1 rings (SSSR count). The van der Waals surface area contributed by atoms with Crippen molar-refractivity contribution in [3.05, 3.63) is 0 Å². The van der Waals surface area contributed by atoms with Crippen molar-refractivity contribution in [3.63, 3.8) is 0 Å². The molecule has 35 heavy (non-hydrogen) atoms. The van der Waals surface area contributed by atoms with Gasteiger partial charge in [-0.2, -0.15) is 0 Å². The molecule has 0 amide bonds. The predicted molar refractivity (Wildman–Crippen MR) is 146 cm³/mol. The van der Waals surface area contributed by atoms with E-state index in [1.54, 1.807) is 0 Å². The van der Waals surface area contributed by atoms with Gasteiger partial charge in [0.05, 0.1) is 18.6 Å². The molecule has 0 heterocycles. The van der Waals surface area contributed by atoms with Crippen LogP contribution in [0.4, 0.5) is 0 Å². The Kier molecular flexibility index (Phi) is 20.5. The summed E-state index contributed by atoms with van der Waals surface area (Å²) in [6, 6.07) is 0. The van der Waals surface area contributed by atoms with Gasteiger partial charge >= 0.3 is 20.0 Å². The van der Waals surface area contributed by atoms with E-state index in [0.29, 0.717) is 37.2 Å². The summed E-state index contributed by atoms with van der Waals surface area (Å²) >= 11 is 1.07. The van der Waals surface area contributed by atoms with E-state index in [4.69, 9.17) is 13.7 Å². The van der Waals surface area contributed by atoms with Gasteiger partial charge in [-0.05, 0) is 31.1 Å². The van der Waals surface area contributed by atoms with Gasteiger partial charge in [0, 0.05) is 19.0 Å². The second-order valence-electron chi connectivity index (χ2n) is 9.99. The molecule has 0 radical (unpaired) electrons. The van der Waals surface area contributed by atoms with Crippen LogP contribution in [0.15, 0.2) is 0 Å². The first kappa shape index (κ1) is 32.8. The molecule has 6 nitrogen and oxygen atoms in total. The molecule has 1 aliphatic carbocycles. The monoisotopic (exact) mass is 535 g/mol. The van der Waals surface area contributed by atoms with Gasteiger partial charge in [-0.25, -0.2) is 4.79 Å². The van der Waals surface area contributed by atoms with Crippen molar-refractivity contribution in [2.45, 2.75) is 129 Å². The first-order chi connectivity index (χ1) is 17.1. The minimum Gasteiger partial charge on any atom is -0.384 e. The molecule has 1 saturated carbocycles. The van der Waals surface area contributed by atoms with E-state index in [-0.39, 0.29) is 6.61 Å². The lowest BCUT2D eigenvalue weighted by atomic mass is 9.79. The van der Waals surface area contributed by atoms with Crippen LogP contribution in [-0.4, -0.2) is 42.2 Å². The predicted octanol–water partition coefficient (Wildman–Crippen LogP) is 7.80. The van der Waals surface area contributed by atoms with Crippen molar-refractivity contribution in [3.8, 4) is 0 Å². The van der Waals surface area contributed by atoms with Gasteiger partial charge in [0.1, 0.15) is 0 Å². The highest BCUT2D eigenvalue weighted by Crippen LogP contribution is 2.35. The smallest absolute Gasteiger partial charge is 0.384 e. The number of hydrogen-bond donors (Lipinski definition) is 1. The average molecular weight is 536 g/mol. The molecule has 0 aromatic rings. The van der Waals surface area contributed by atoms with Crippen molar-refractivity contribution in [1.82, 2.24) is 0 Å². The van der Waals surface area contributed by atoms with Crippen LogP contribution in [0.3, 0.4) is 0 Å². The third kappa shape index (κ3) is 15.6. The maximum Gasteiger partial charge on any atom is 0.471 e. The number of carbonyl (C=O) groups is 1. The fourth-order valence-corrected chi connectivity index (χ4v) is 5.98. The lowest BCUT2D eigenvalue weighted by molar-refractivity contribution is -0.185. The lowest BCUT2D eigenvalue weighted by Crippen LogP contribution is -2.37. The minimum atomic E-state index is -2.39. The van der Waals surface area contributed by atoms with Gasteiger partial charge in [-0.15, -0.1) is 0 Å². The number of unbranched alkanes of at least 4 members (excludes halogenated alkanes) is 8. The third-order valence-electron chi connectivity index (χ3n) is 6.96. The quantitative estimate of drug-likeness (QED) is 0.0618. The fraction of sp³-hybridized carbons (Fsp3) is 0.963. The van der Waals surface area contributed by atoms with E-state index < -0.39 is 20.0 Å². The molecule has 0 saturated heterocycles. The van der Waals surface area contributed by atoms with Crippen molar-refractivity contribution in [1.29, 1.82) is 0 Å². The molecule has 3 unspecified atom stereocenters. The van der Waals surface area contributed by atoms with Gasteiger partial charge in [0.2, 0.25) is 0 Å². The van der Waals surface area contributed by atoms with Crippen LogP contribution < -0.4 is 0 Å². The fourth-order valence-electron chi connectivity index (χ4n) is 4.71. The summed E-state index contributed by atoms with van der Waals surface area (Å²) in [7, 11) is -1.34. The van der Waals surface area contributed by atoms with Crippen LogP contribution in [-0.2, 0) is 23.0 Å². The second-order valence-corrected chi connectivity index (χ2v) is 11.6. The molecule has 1 aliphatic rings. The van der Waals surface area contributed by atoms with Crippen LogP contribution in [0.5, 0.6) is 0 Å². The molecule has 0 aliphatic heterocycles. The molecule has 1 fully saturated rings. The first-order valence-corrected chi connectivity index (χ1v) is 16.1. The summed E-state index contributed by atoms with van der Waals surface area (Å²) in [4.78, 5) is 12.4. The summed E-state index contributed by atoms with van der Waals surface area (Å²) in [5.41, 5.74) is -2.39. The maximum absolute atomic E-state index is 12.4. The standard InChI is InChI=1S/C27H51O6PS/c1-3-5-7-8-9-10-11-15-20-31-21-16-22-32-27(29,34-30)26(28)33-35-23-25(17-6-4-2)24-18-13-12-14-19-24/h24-25,29H,3-23H2,1-2H3/p+1. The van der Waals surface area contributed by atoms with Gasteiger partial charge < -0.3 is 18.8 Å². The Morgan fingerprint density at radius 1 is 0.914 bits per heavy atom. The minimum absolute atomic E-state index is 0.0874. The third-order valence-corrected chi connectivity index (χ3v) is 8.42. The van der Waals surface area contributed by atoms with E-state index in [1.165, 1.54) is 83.5 Å². The Morgan fingerprint density at radius 3 is 2.20 bits per heavy atom. The van der Waals surface area contributed by atoms with Crippen molar-refractivity contribution in [2.75, 3.05) is 25.6 Å². The highest BCUT2D eigenvalue weighted by atomic mass is 32.2. The van der Waals surface area contributed by atoms with Crippen LogP contribution in [0.25, 0.3) is 0 Å². The topological polar surface area (TPSA) is 82.1 Å². The average Bonchev–Trinajstić information content (AvgIpc) is 2.89. The molecule has 0 spiro atoms. The van der Waals surface area contributed by atoms with Gasteiger partial charge in [0.25, 0.3) is 0 Å². The van der Waals surface area contributed by atoms with E-state index in [0.717, 1.165) is 31.3 Å². The summed E-state index contributed by atoms with van der Waals surface area (Å²) in [6.07, 6.45) is 20.4. The highest BCUT2D eigenvalue weighted by Gasteiger charge is 2.50. The molecule has 8 heteroatoms. The molecule has 0 bridgehead atoms. The Morgan fingerprint density at radius 2 is 1.54 bits per heavy atom. The van der Waals surface area contributed by atoms with Gasteiger partial charge in [0.15, 0.2) is 0 Å². The SMILES string of the molecule is CCCCCCCCCCOCCCOC(O)([PH+]=O)C(=O)OSCC(CCCC)C1CCCCC1. The Hall–Kier alpha value is -0.200. The van der Waals surface area contributed by atoms with Gasteiger partial charge in [-0.1, -0.05) is 108 Å².